The van der Waals surface area contributed by atoms with E-state index < -0.39 is 11.5 Å². The third-order valence-electron chi connectivity index (χ3n) is 3.80. The topological polar surface area (TPSA) is 63.3 Å². The first-order valence-electron chi connectivity index (χ1n) is 6.79. The lowest BCUT2D eigenvalue weighted by molar-refractivity contribution is -0.143. The predicted molar refractivity (Wildman–Crippen MR) is 78.5 cm³/mol. The molecule has 1 aromatic rings. The van der Waals surface area contributed by atoms with Gasteiger partial charge in [0.15, 0.2) is 0 Å². The van der Waals surface area contributed by atoms with Crippen LogP contribution in [0.3, 0.4) is 0 Å². The van der Waals surface area contributed by atoms with Gasteiger partial charge in [-0.3, -0.25) is 4.79 Å². The molecule has 1 aromatic carbocycles. The van der Waals surface area contributed by atoms with E-state index in [0.29, 0.717) is 6.42 Å². The fourth-order valence-electron chi connectivity index (χ4n) is 2.88. The first-order valence-corrected chi connectivity index (χ1v) is 6.79. The molecule has 3 nitrogen and oxygen atoms in total. The Labute approximate surface area is 115 Å². The molecule has 1 rings (SSSR count). The second-order valence-electron chi connectivity index (χ2n) is 5.84. The molecule has 2 atom stereocenters. The van der Waals surface area contributed by atoms with Gasteiger partial charge in [-0.2, -0.15) is 0 Å². The Bertz CT molecular complexity index is 455. The smallest absolute Gasteiger partial charge is 0.323 e. The van der Waals surface area contributed by atoms with Crippen LogP contribution in [-0.2, 0) is 4.79 Å². The standard InChI is InChI=1S/C16H25NO2/c1-6-13(9-16(5,17)15(18)19)14-11(3)7-10(2)8-12(14)4/h7-8,13H,6,9,17H2,1-5H3,(H,18,19). The summed E-state index contributed by atoms with van der Waals surface area (Å²) in [6.07, 6.45) is 1.36. The SMILES string of the molecule is CCC(CC(C)(N)C(=O)O)c1c(C)cc(C)cc1C. The van der Waals surface area contributed by atoms with Crippen molar-refractivity contribution in [3.8, 4) is 0 Å². The van der Waals surface area contributed by atoms with Gasteiger partial charge >= 0.3 is 5.97 Å². The van der Waals surface area contributed by atoms with Crippen LogP contribution in [0, 0.1) is 20.8 Å². The van der Waals surface area contributed by atoms with Crippen LogP contribution in [0.2, 0.25) is 0 Å². The summed E-state index contributed by atoms with van der Waals surface area (Å²) in [5, 5.41) is 9.19. The Morgan fingerprint density at radius 1 is 1.32 bits per heavy atom. The Morgan fingerprint density at radius 2 is 1.79 bits per heavy atom. The molecular formula is C16H25NO2. The summed E-state index contributed by atoms with van der Waals surface area (Å²) >= 11 is 0. The summed E-state index contributed by atoms with van der Waals surface area (Å²) < 4.78 is 0. The number of carboxylic acids is 1. The molecule has 106 valence electrons. The molecule has 0 saturated heterocycles. The predicted octanol–water partition coefficient (Wildman–Crippen LogP) is 3.30. The van der Waals surface area contributed by atoms with Gasteiger partial charge in [0.05, 0.1) is 0 Å². The molecule has 0 radical (unpaired) electrons. The number of aryl methyl sites for hydroxylation is 3. The summed E-state index contributed by atoms with van der Waals surface area (Å²) in [7, 11) is 0. The van der Waals surface area contributed by atoms with Crippen LogP contribution in [0.25, 0.3) is 0 Å². The molecule has 3 N–H and O–H groups in total. The number of carboxylic acid groups (broad SMARTS) is 1. The first-order chi connectivity index (χ1) is 8.69. The molecule has 0 aliphatic carbocycles. The maximum atomic E-state index is 11.2. The second kappa shape index (κ2) is 5.74. The van der Waals surface area contributed by atoms with E-state index in [9.17, 15) is 9.90 Å². The largest absolute Gasteiger partial charge is 0.480 e. The van der Waals surface area contributed by atoms with E-state index in [-0.39, 0.29) is 5.92 Å². The van der Waals surface area contributed by atoms with Crippen molar-refractivity contribution in [2.45, 2.75) is 58.9 Å². The molecule has 3 heteroatoms. The molecule has 0 aliphatic heterocycles. The molecule has 2 unspecified atom stereocenters. The highest BCUT2D eigenvalue weighted by atomic mass is 16.4. The molecule has 0 saturated carbocycles. The van der Waals surface area contributed by atoms with Crippen molar-refractivity contribution >= 4 is 5.97 Å². The minimum Gasteiger partial charge on any atom is -0.480 e. The monoisotopic (exact) mass is 263 g/mol. The average Bonchev–Trinajstić information content (AvgIpc) is 2.25. The van der Waals surface area contributed by atoms with E-state index >= 15 is 0 Å². The highest BCUT2D eigenvalue weighted by Gasteiger charge is 2.32. The van der Waals surface area contributed by atoms with Crippen LogP contribution < -0.4 is 5.73 Å². The normalized spacial score (nSPS) is 15.9. The van der Waals surface area contributed by atoms with E-state index in [4.69, 9.17) is 5.73 Å². The Hall–Kier alpha value is -1.35. The van der Waals surface area contributed by atoms with Gasteiger partial charge in [-0.25, -0.2) is 0 Å². The highest BCUT2D eigenvalue weighted by Crippen LogP contribution is 2.33. The van der Waals surface area contributed by atoms with E-state index in [2.05, 4.69) is 39.8 Å². The Kier molecular flexibility index (Phi) is 4.75. The van der Waals surface area contributed by atoms with E-state index in [0.717, 1.165) is 6.42 Å². The van der Waals surface area contributed by atoms with Gasteiger partial charge in [-0.05, 0) is 63.1 Å². The van der Waals surface area contributed by atoms with Gasteiger partial charge in [-0.15, -0.1) is 0 Å². The number of hydrogen-bond acceptors (Lipinski definition) is 2. The van der Waals surface area contributed by atoms with Crippen molar-refractivity contribution in [2.24, 2.45) is 5.73 Å². The molecule has 0 bridgehead atoms. The fraction of sp³-hybridized carbons (Fsp3) is 0.562. The molecule has 0 aliphatic rings. The molecule has 0 fully saturated rings. The zero-order chi connectivity index (χ0) is 14.8. The lowest BCUT2D eigenvalue weighted by atomic mass is 9.80. The molecule has 0 spiro atoms. The minimum absolute atomic E-state index is 0.187. The zero-order valence-electron chi connectivity index (χ0n) is 12.6. The van der Waals surface area contributed by atoms with Gasteiger partial charge in [0.2, 0.25) is 0 Å². The van der Waals surface area contributed by atoms with Gasteiger partial charge in [0.1, 0.15) is 5.54 Å². The lowest BCUT2D eigenvalue weighted by Gasteiger charge is -2.28. The van der Waals surface area contributed by atoms with Gasteiger partial charge in [0.25, 0.3) is 0 Å². The molecule has 19 heavy (non-hydrogen) atoms. The van der Waals surface area contributed by atoms with Crippen molar-refractivity contribution in [2.75, 3.05) is 0 Å². The average molecular weight is 263 g/mol. The quantitative estimate of drug-likeness (QED) is 0.856. The highest BCUT2D eigenvalue weighted by molar-refractivity contribution is 5.78. The van der Waals surface area contributed by atoms with Crippen molar-refractivity contribution in [3.63, 3.8) is 0 Å². The number of hydrogen-bond donors (Lipinski definition) is 2. The van der Waals surface area contributed by atoms with Crippen LogP contribution >= 0.6 is 0 Å². The third kappa shape index (κ3) is 3.57. The fourth-order valence-corrected chi connectivity index (χ4v) is 2.88. The number of carbonyl (C=O) groups is 1. The molecule has 0 heterocycles. The first kappa shape index (κ1) is 15.7. The summed E-state index contributed by atoms with van der Waals surface area (Å²) in [4.78, 5) is 11.2. The van der Waals surface area contributed by atoms with Crippen LogP contribution in [-0.4, -0.2) is 16.6 Å². The number of aliphatic carboxylic acids is 1. The zero-order valence-corrected chi connectivity index (χ0v) is 12.6. The summed E-state index contributed by atoms with van der Waals surface area (Å²) in [6.45, 7) is 9.94. The van der Waals surface area contributed by atoms with Crippen molar-refractivity contribution in [1.82, 2.24) is 0 Å². The maximum Gasteiger partial charge on any atom is 0.323 e. The van der Waals surface area contributed by atoms with E-state index in [1.54, 1.807) is 6.92 Å². The summed E-state index contributed by atoms with van der Waals surface area (Å²) in [5.41, 5.74) is 9.68. The summed E-state index contributed by atoms with van der Waals surface area (Å²) in [5.74, 6) is -0.750. The van der Waals surface area contributed by atoms with E-state index in [1.165, 1.54) is 22.3 Å². The van der Waals surface area contributed by atoms with Gasteiger partial charge < -0.3 is 10.8 Å². The Morgan fingerprint density at radius 3 is 2.16 bits per heavy atom. The van der Waals surface area contributed by atoms with Gasteiger partial charge in [-0.1, -0.05) is 24.6 Å². The van der Waals surface area contributed by atoms with Crippen LogP contribution in [0.1, 0.15) is 54.9 Å². The van der Waals surface area contributed by atoms with Crippen LogP contribution in [0.5, 0.6) is 0 Å². The molecule has 0 amide bonds. The number of nitrogens with two attached hydrogens (primary N) is 1. The van der Waals surface area contributed by atoms with Crippen molar-refractivity contribution < 1.29 is 9.90 Å². The van der Waals surface area contributed by atoms with E-state index in [1.807, 2.05) is 0 Å². The van der Waals surface area contributed by atoms with Gasteiger partial charge in [0, 0.05) is 0 Å². The van der Waals surface area contributed by atoms with Crippen LogP contribution in [0.15, 0.2) is 12.1 Å². The number of benzene rings is 1. The minimum atomic E-state index is -1.18. The molecular weight excluding hydrogens is 238 g/mol. The van der Waals surface area contributed by atoms with Crippen LogP contribution in [0.4, 0.5) is 0 Å². The van der Waals surface area contributed by atoms with Crippen molar-refractivity contribution in [1.29, 1.82) is 0 Å². The Balaban J connectivity index is 3.15. The third-order valence-corrected chi connectivity index (χ3v) is 3.80. The maximum absolute atomic E-state index is 11.2. The molecule has 0 aromatic heterocycles. The second-order valence-corrected chi connectivity index (χ2v) is 5.84. The lowest BCUT2D eigenvalue weighted by Crippen LogP contribution is -2.46. The van der Waals surface area contributed by atoms with Crippen molar-refractivity contribution in [3.05, 3.63) is 34.4 Å². The number of rotatable bonds is 5. The summed E-state index contributed by atoms with van der Waals surface area (Å²) in [6, 6.07) is 4.30.